The molecule has 24 heavy (non-hydrogen) atoms. The van der Waals surface area contributed by atoms with Crippen molar-refractivity contribution in [2.45, 2.75) is 12.8 Å². The van der Waals surface area contributed by atoms with E-state index in [-0.39, 0.29) is 22.8 Å². The van der Waals surface area contributed by atoms with Gasteiger partial charge < -0.3 is 16.0 Å². The average molecular weight is 339 g/mol. The largest absolute Gasteiger partial charge is 0.332 e. The van der Waals surface area contributed by atoms with Crippen LogP contribution in [0, 0.1) is 5.92 Å². The molecule has 5 nitrogen and oxygen atoms in total. The Kier molecular flexibility index (Phi) is 4.86. The average Bonchev–Trinajstić information content (AvgIpc) is 3.41. The normalized spacial score (nSPS) is 13.0. The molecular weight excluding hydrogens is 322 g/mol. The summed E-state index contributed by atoms with van der Waals surface area (Å²) in [5, 5.41) is 8.72. The minimum absolute atomic E-state index is 0.0407. The first-order valence-electron chi connectivity index (χ1n) is 7.70. The smallest absolute Gasteiger partial charge is 0.255 e. The second kappa shape index (κ2) is 7.23. The van der Waals surface area contributed by atoms with Gasteiger partial charge in [0, 0.05) is 22.9 Å². The van der Waals surface area contributed by atoms with Crippen LogP contribution in [0.3, 0.4) is 0 Å². The maximum Gasteiger partial charge on any atom is 0.255 e. The Balaban J connectivity index is 1.60. The standard InChI is InChI=1S/C18H17N3O2S/c22-16(12-5-2-1-3-6-12)19-14-7-4-8-15(11-14)20-18(24)21-17(23)13-9-10-13/h1-8,11,13H,9-10H2,(H,19,22)(H2,20,21,23,24). The van der Waals surface area contributed by atoms with Crippen molar-refractivity contribution in [2.24, 2.45) is 5.92 Å². The van der Waals surface area contributed by atoms with Crippen LogP contribution in [0.5, 0.6) is 0 Å². The maximum atomic E-state index is 12.2. The van der Waals surface area contributed by atoms with Crippen LogP contribution in [0.15, 0.2) is 54.6 Å². The molecule has 0 spiro atoms. The number of nitrogens with one attached hydrogen (secondary N) is 3. The van der Waals surface area contributed by atoms with E-state index in [1.165, 1.54) is 0 Å². The molecule has 1 aliphatic carbocycles. The first-order chi connectivity index (χ1) is 11.6. The van der Waals surface area contributed by atoms with Gasteiger partial charge in [-0.25, -0.2) is 0 Å². The Hall–Kier alpha value is -2.73. The van der Waals surface area contributed by atoms with E-state index < -0.39 is 0 Å². The predicted molar refractivity (Wildman–Crippen MR) is 97.9 cm³/mol. The van der Waals surface area contributed by atoms with E-state index in [4.69, 9.17) is 12.2 Å². The number of anilines is 2. The van der Waals surface area contributed by atoms with Crippen LogP contribution < -0.4 is 16.0 Å². The summed E-state index contributed by atoms with van der Waals surface area (Å²) >= 11 is 5.14. The third kappa shape index (κ3) is 4.39. The van der Waals surface area contributed by atoms with Crippen molar-refractivity contribution in [3.05, 3.63) is 60.2 Å². The summed E-state index contributed by atoms with van der Waals surface area (Å²) in [7, 11) is 0. The Morgan fingerprint density at radius 3 is 2.25 bits per heavy atom. The molecule has 2 amide bonds. The highest BCUT2D eigenvalue weighted by molar-refractivity contribution is 7.80. The molecule has 1 aliphatic rings. The van der Waals surface area contributed by atoms with Gasteiger partial charge in [0.15, 0.2) is 5.11 Å². The first kappa shape index (κ1) is 16.1. The summed E-state index contributed by atoms with van der Waals surface area (Å²) in [6.45, 7) is 0. The summed E-state index contributed by atoms with van der Waals surface area (Å²) in [6, 6.07) is 16.1. The minimum Gasteiger partial charge on any atom is -0.332 e. The maximum absolute atomic E-state index is 12.2. The number of hydrogen-bond donors (Lipinski definition) is 3. The lowest BCUT2D eigenvalue weighted by Crippen LogP contribution is -2.35. The SMILES string of the molecule is O=C(Nc1cccc(NC(=S)NC(=O)C2CC2)c1)c1ccccc1. The van der Waals surface area contributed by atoms with Crippen molar-refractivity contribution in [1.29, 1.82) is 0 Å². The van der Waals surface area contributed by atoms with Gasteiger partial charge in [-0.3, -0.25) is 9.59 Å². The topological polar surface area (TPSA) is 70.2 Å². The van der Waals surface area contributed by atoms with Crippen molar-refractivity contribution in [1.82, 2.24) is 5.32 Å². The van der Waals surface area contributed by atoms with Crippen molar-refractivity contribution < 1.29 is 9.59 Å². The summed E-state index contributed by atoms with van der Waals surface area (Å²) in [5.74, 6) is -0.125. The van der Waals surface area contributed by atoms with E-state index in [0.29, 0.717) is 16.9 Å². The van der Waals surface area contributed by atoms with Crippen LogP contribution in [0.25, 0.3) is 0 Å². The van der Waals surface area contributed by atoms with E-state index in [2.05, 4.69) is 16.0 Å². The van der Waals surface area contributed by atoms with Gasteiger partial charge >= 0.3 is 0 Å². The molecule has 3 N–H and O–H groups in total. The van der Waals surface area contributed by atoms with Crippen molar-refractivity contribution in [3.63, 3.8) is 0 Å². The van der Waals surface area contributed by atoms with Gasteiger partial charge in [-0.1, -0.05) is 24.3 Å². The van der Waals surface area contributed by atoms with Crippen molar-refractivity contribution in [3.8, 4) is 0 Å². The summed E-state index contributed by atoms with van der Waals surface area (Å²) in [4.78, 5) is 23.8. The molecule has 0 aromatic heterocycles. The summed E-state index contributed by atoms with van der Waals surface area (Å²) < 4.78 is 0. The molecule has 2 aromatic carbocycles. The fourth-order valence-electron chi connectivity index (χ4n) is 2.19. The second-order valence-corrected chi connectivity index (χ2v) is 6.03. The third-order valence-corrected chi connectivity index (χ3v) is 3.80. The molecule has 1 fully saturated rings. The van der Waals surface area contributed by atoms with E-state index in [1.807, 2.05) is 24.3 Å². The molecule has 2 aromatic rings. The van der Waals surface area contributed by atoms with Crippen molar-refractivity contribution in [2.75, 3.05) is 10.6 Å². The second-order valence-electron chi connectivity index (χ2n) is 5.62. The van der Waals surface area contributed by atoms with Crippen LogP contribution in [-0.4, -0.2) is 16.9 Å². The third-order valence-electron chi connectivity index (χ3n) is 3.60. The number of amides is 2. The van der Waals surface area contributed by atoms with E-state index in [9.17, 15) is 9.59 Å². The monoisotopic (exact) mass is 339 g/mol. The molecule has 0 saturated heterocycles. The summed E-state index contributed by atoms with van der Waals surface area (Å²) in [6.07, 6.45) is 1.85. The molecule has 1 saturated carbocycles. The fraction of sp³-hybridized carbons (Fsp3) is 0.167. The van der Waals surface area contributed by atoms with E-state index in [1.54, 1.807) is 30.3 Å². The van der Waals surface area contributed by atoms with Gasteiger partial charge in [0.25, 0.3) is 5.91 Å². The van der Waals surface area contributed by atoms with Crippen LogP contribution >= 0.6 is 12.2 Å². The highest BCUT2D eigenvalue weighted by Crippen LogP contribution is 2.28. The highest BCUT2D eigenvalue weighted by atomic mass is 32.1. The lowest BCUT2D eigenvalue weighted by atomic mass is 10.2. The minimum atomic E-state index is -0.183. The zero-order valence-corrected chi connectivity index (χ0v) is 13.7. The fourth-order valence-corrected chi connectivity index (χ4v) is 2.41. The predicted octanol–water partition coefficient (Wildman–Crippen LogP) is 3.16. The van der Waals surface area contributed by atoms with Gasteiger partial charge in [0.1, 0.15) is 0 Å². The molecule has 0 radical (unpaired) electrons. The molecular formula is C18H17N3O2S. The lowest BCUT2D eigenvalue weighted by Gasteiger charge is -2.11. The first-order valence-corrected chi connectivity index (χ1v) is 8.11. The molecule has 0 heterocycles. The highest BCUT2D eigenvalue weighted by Gasteiger charge is 2.29. The molecule has 122 valence electrons. The lowest BCUT2D eigenvalue weighted by molar-refractivity contribution is -0.120. The number of thiocarbonyl (C=S) groups is 1. The molecule has 0 unspecified atom stereocenters. The Labute approximate surface area is 145 Å². The molecule has 0 bridgehead atoms. The van der Waals surface area contributed by atoms with Crippen molar-refractivity contribution >= 4 is 40.5 Å². The van der Waals surface area contributed by atoms with Gasteiger partial charge in [-0.05, 0) is 55.4 Å². The van der Waals surface area contributed by atoms with Crippen LogP contribution in [-0.2, 0) is 4.79 Å². The number of carbonyl (C=O) groups excluding carboxylic acids is 2. The molecule has 6 heteroatoms. The van der Waals surface area contributed by atoms with Gasteiger partial charge in [0.05, 0.1) is 0 Å². The quantitative estimate of drug-likeness (QED) is 0.749. The number of benzene rings is 2. The Bertz CT molecular complexity index is 773. The molecule has 0 aliphatic heterocycles. The molecule has 3 rings (SSSR count). The Morgan fingerprint density at radius 1 is 0.917 bits per heavy atom. The number of carbonyl (C=O) groups is 2. The van der Waals surface area contributed by atoms with Crippen LogP contribution in [0.1, 0.15) is 23.2 Å². The van der Waals surface area contributed by atoms with Gasteiger partial charge in [-0.15, -0.1) is 0 Å². The van der Waals surface area contributed by atoms with Crippen LogP contribution in [0.2, 0.25) is 0 Å². The van der Waals surface area contributed by atoms with Gasteiger partial charge in [-0.2, -0.15) is 0 Å². The van der Waals surface area contributed by atoms with E-state index >= 15 is 0 Å². The Morgan fingerprint density at radius 2 is 1.58 bits per heavy atom. The number of rotatable bonds is 4. The summed E-state index contributed by atoms with van der Waals surface area (Å²) in [5.41, 5.74) is 1.93. The zero-order chi connectivity index (χ0) is 16.9. The molecule has 0 atom stereocenters. The van der Waals surface area contributed by atoms with E-state index in [0.717, 1.165) is 12.8 Å². The number of hydrogen-bond acceptors (Lipinski definition) is 3. The van der Waals surface area contributed by atoms with Crippen LogP contribution in [0.4, 0.5) is 11.4 Å². The zero-order valence-electron chi connectivity index (χ0n) is 12.9. The van der Waals surface area contributed by atoms with Gasteiger partial charge in [0.2, 0.25) is 5.91 Å².